The van der Waals surface area contributed by atoms with Gasteiger partial charge in [-0.3, -0.25) is 4.79 Å². The Kier molecular flexibility index (Phi) is 4.35. The SMILES string of the molecule is O=C1C(Cc2ccccc2)=CCN1[C@@H](CO)c1ccccc1. The number of amides is 1. The van der Waals surface area contributed by atoms with Crippen LogP contribution in [-0.4, -0.2) is 29.1 Å². The van der Waals surface area contributed by atoms with Gasteiger partial charge in [-0.2, -0.15) is 0 Å². The molecule has 0 spiro atoms. The van der Waals surface area contributed by atoms with Crippen LogP contribution in [0.5, 0.6) is 0 Å². The van der Waals surface area contributed by atoms with Crippen LogP contribution in [0.3, 0.4) is 0 Å². The van der Waals surface area contributed by atoms with E-state index < -0.39 is 0 Å². The molecule has 0 aliphatic carbocycles. The quantitative estimate of drug-likeness (QED) is 0.921. The monoisotopic (exact) mass is 293 g/mol. The Morgan fingerprint density at radius 2 is 1.64 bits per heavy atom. The Bertz CT molecular complexity index is 664. The van der Waals surface area contributed by atoms with Gasteiger partial charge >= 0.3 is 0 Å². The highest BCUT2D eigenvalue weighted by molar-refractivity contribution is 5.96. The average molecular weight is 293 g/mol. The predicted molar refractivity (Wildman–Crippen MR) is 86.2 cm³/mol. The Morgan fingerprint density at radius 3 is 2.27 bits per heavy atom. The summed E-state index contributed by atoms with van der Waals surface area (Å²) in [5.41, 5.74) is 2.90. The molecule has 0 saturated heterocycles. The summed E-state index contributed by atoms with van der Waals surface area (Å²) in [6.07, 6.45) is 2.62. The number of hydrogen-bond acceptors (Lipinski definition) is 2. The van der Waals surface area contributed by atoms with Gasteiger partial charge in [-0.15, -0.1) is 0 Å². The van der Waals surface area contributed by atoms with E-state index in [2.05, 4.69) is 0 Å². The minimum atomic E-state index is -0.279. The van der Waals surface area contributed by atoms with E-state index in [0.717, 1.165) is 16.7 Å². The third-order valence-electron chi connectivity index (χ3n) is 4.04. The fraction of sp³-hybridized carbons (Fsp3) is 0.211. The van der Waals surface area contributed by atoms with E-state index in [-0.39, 0.29) is 18.6 Å². The van der Waals surface area contributed by atoms with Crippen molar-refractivity contribution < 1.29 is 9.90 Å². The van der Waals surface area contributed by atoms with Crippen LogP contribution in [0.4, 0.5) is 0 Å². The molecule has 3 heteroatoms. The van der Waals surface area contributed by atoms with E-state index in [4.69, 9.17) is 0 Å². The number of nitrogens with zero attached hydrogens (tertiary/aromatic N) is 1. The molecule has 0 unspecified atom stereocenters. The van der Waals surface area contributed by atoms with Gasteiger partial charge < -0.3 is 10.0 Å². The molecule has 2 aromatic carbocycles. The number of aliphatic hydroxyl groups is 1. The fourth-order valence-corrected chi connectivity index (χ4v) is 2.85. The molecule has 0 bridgehead atoms. The molecule has 112 valence electrons. The Hall–Kier alpha value is -2.39. The molecule has 2 aromatic rings. The number of carbonyl (C=O) groups excluding carboxylic acids is 1. The zero-order valence-corrected chi connectivity index (χ0v) is 12.4. The van der Waals surface area contributed by atoms with E-state index in [1.807, 2.05) is 66.7 Å². The van der Waals surface area contributed by atoms with Gasteiger partial charge in [0.1, 0.15) is 0 Å². The maximum Gasteiger partial charge on any atom is 0.250 e. The van der Waals surface area contributed by atoms with Crippen molar-refractivity contribution in [2.24, 2.45) is 0 Å². The van der Waals surface area contributed by atoms with Crippen LogP contribution >= 0.6 is 0 Å². The maximum atomic E-state index is 12.6. The lowest BCUT2D eigenvalue weighted by atomic mass is 10.0. The summed E-state index contributed by atoms with van der Waals surface area (Å²) in [5.74, 6) is 0.0201. The second kappa shape index (κ2) is 6.58. The topological polar surface area (TPSA) is 40.5 Å². The van der Waals surface area contributed by atoms with Crippen molar-refractivity contribution in [3.8, 4) is 0 Å². The maximum absolute atomic E-state index is 12.6. The van der Waals surface area contributed by atoms with Crippen molar-refractivity contribution in [1.29, 1.82) is 0 Å². The third kappa shape index (κ3) is 2.95. The van der Waals surface area contributed by atoms with Crippen LogP contribution in [0.25, 0.3) is 0 Å². The summed E-state index contributed by atoms with van der Waals surface area (Å²) in [5, 5.41) is 9.72. The van der Waals surface area contributed by atoms with E-state index in [1.54, 1.807) is 4.90 Å². The highest BCUT2D eigenvalue weighted by Crippen LogP contribution is 2.26. The summed E-state index contributed by atoms with van der Waals surface area (Å²) in [7, 11) is 0. The van der Waals surface area contributed by atoms with Crippen LogP contribution in [0.1, 0.15) is 17.2 Å². The molecule has 3 rings (SSSR count). The summed E-state index contributed by atoms with van der Waals surface area (Å²) in [6.45, 7) is 0.489. The first-order valence-corrected chi connectivity index (χ1v) is 7.49. The van der Waals surface area contributed by atoms with Gasteiger partial charge in [0, 0.05) is 18.5 Å². The molecule has 0 saturated carbocycles. The fourth-order valence-electron chi connectivity index (χ4n) is 2.85. The zero-order chi connectivity index (χ0) is 15.4. The predicted octanol–water partition coefficient (Wildman–Crippen LogP) is 2.73. The highest BCUT2D eigenvalue weighted by Gasteiger charge is 2.30. The first kappa shape index (κ1) is 14.5. The molecule has 1 amide bonds. The first-order chi connectivity index (χ1) is 10.8. The molecular formula is C19H19NO2. The Balaban J connectivity index is 1.74. The molecule has 0 aromatic heterocycles. The second-order valence-corrected chi connectivity index (χ2v) is 5.46. The van der Waals surface area contributed by atoms with Gasteiger partial charge in [-0.1, -0.05) is 66.7 Å². The molecule has 1 aliphatic heterocycles. The zero-order valence-electron chi connectivity index (χ0n) is 12.4. The molecular weight excluding hydrogens is 274 g/mol. The molecule has 22 heavy (non-hydrogen) atoms. The normalized spacial score (nSPS) is 15.8. The summed E-state index contributed by atoms with van der Waals surface area (Å²) >= 11 is 0. The van der Waals surface area contributed by atoms with Crippen molar-refractivity contribution in [2.75, 3.05) is 13.2 Å². The van der Waals surface area contributed by atoms with Gasteiger partial charge in [0.05, 0.1) is 12.6 Å². The van der Waals surface area contributed by atoms with Gasteiger partial charge in [0.25, 0.3) is 5.91 Å². The van der Waals surface area contributed by atoms with E-state index in [0.29, 0.717) is 13.0 Å². The van der Waals surface area contributed by atoms with Gasteiger partial charge in [-0.25, -0.2) is 0 Å². The first-order valence-electron chi connectivity index (χ1n) is 7.49. The molecule has 1 N–H and O–H groups in total. The van der Waals surface area contributed by atoms with E-state index in [1.165, 1.54) is 0 Å². The van der Waals surface area contributed by atoms with Crippen LogP contribution in [0, 0.1) is 0 Å². The van der Waals surface area contributed by atoms with Crippen molar-refractivity contribution in [3.63, 3.8) is 0 Å². The summed E-state index contributed by atoms with van der Waals surface area (Å²) < 4.78 is 0. The lowest BCUT2D eigenvalue weighted by Gasteiger charge is -2.27. The summed E-state index contributed by atoms with van der Waals surface area (Å²) in [6, 6.07) is 19.4. The highest BCUT2D eigenvalue weighted by atomic mass is 16.3. The molecule has 0 radical (unpaired) electrons. The lowest BCUT2D eigenvalue weighted by Crippen LogP contribution is -2.34. The van der Waals surface area contributed by atoms with E-state index in [9.17, 15) is 9.90 Å². The molecule has 1 atom stereocenters. The van der Waals surface area contributed by atoms with Crippen molar-refractivity contribution in [3.05, 3.63) is 83.4 Å². The standard InChI is InChI=1S/C19H19NO2/c21-14-18(16-9-5-2-6-10-16)20-12-11-17(19(20)22)13-15-7-3-1-4-8-15/h1-11,18,21H,12-14H2/t18-/m0/s1. The molecule has 3 nitrogen and oxygen atoms in total. The van der Waals surface area contributed by atoms with Crippen LogP contribution in [-0.2, 0) is 11.2 Å². The second-order valence-electron chi connectivity index (χ2n) is 5.46. The van der Waals surface area contributed by atoms with Crippen LogP contribution in [0.2, 0.25) is 0 Å². The number of benzene rings is 2. The Morgan fingerprint density at radius 1 is 1.00 bits per heavy atom. The number of carbonyl (C=O) groups is 1. The van der Waals surface area contributed by atoms with Gasteiger partial charge in [-0.05, 0) is 11.1 Å². The molecule has 1 heterocycles. The van der Waals surface area contributed by atoms with Crippen molar-refractivity contribution in [1.82, 2.24) is 4.90 Å². The van der Waals surface area contributed by atoms with Crippen LogP contribution in [0.15, 0.2) is 72.3 Å². The Labute approximate surface area is 130 Å². The molecule has 0 fully saturated rings. The number of hydrogen-bond donors (Lipinski definition) is 1. The van der Waals surface area contributed by atoms with E-state index >= 15 is 0 Å². The minimum Gasteiger partial charge on any atom is -0.394 e. The minimum absolute atomic E-state index is 0.0201. The average Bonchev–Trinajstić information content (AvgIpc) is 2.92. The lowest BCUT2D eigenvalue weighted by molar-refractivity contribution is -0.128. The van der Waals surface area contributed by atoms with Gasteiger partial charge in [0.15, 0.2) is 0 Å². The number of rotatable bonds is 5. The molecule has 1 aliphatic rings. The largest absolute Gasteiger partial charge is 0.394 e. The summed E-state index contributed by atoms with van der Waals surface area (Å²) in [4.78, 5) is 14.4. The smallest absolute Gasteiger partial charge is 0.250 e. The van der Waals surface area contributed by atoms with Crippen LogP contribution < -0.4 is 0 Å². The van der Waals surface area contributed by atoms with Gasteiger partial charge in [0.2, 0.25) is 0 Å². The van der Waals surface area contributed by atoms with Crippen molar-refractivity contribution in [2.45, 2.75) is 12.5 Å². The van der Waals surface area contributed by atoms with Crippen molar-refractivity contribution >= 4 is 5.91 Å². The third-order valence-corrected chi connectivity index (χ3v) is 4.04. The number of aliphatic hydroxyl groups excluding tert-OH is 1.